The lowest BCUT2D eigenvalue weighted by molar-refractivity contribution is 0.0707. The van der Waals surface area contributed by atoms with E-state index in [9.17, 15) is 0 Å². The van der Waals surface area contributed by atoms with Gasteiger partial charge in [0.25, 0.3) is 0 Å². The standard InChI is InChI=1S/C12H22N2/c1-11-3-7-14(8-4-11)10-12(9-13)5-2-6-12/h1-10,13H2. The molecule has 0 aromatic carbocycles. The molecule has 0 radical (unpaired) electrons. The third-order valence-electron chi connectivity index (χ3n) is 3.97. The summed E-state index contributed by atoms with van der Waals surface area (Å²) >= 11 is 0. The zero-order chi connectivity index (χ0) is 10.0. The largest absolute Gasteiger partial charge is 0.330 e. The molecule has 0 bridgehead atoms. The maximum absolute atomic E-state index is 5.87. The molecular formula is C12H22N2. The van der Waals surface area contributed by atoms with Gasteiger partial charge < -0.3 is 10.6 Å². The molecule has 1 heterocycles. The fraction of sp³-hybridized carbons (Fsp3) is 0.833. The van der Waals surface area contributed by atoms with Crippen LogP contribution in [0.4, 0.5) is 0 Å². The quantitative estimate of drug-likeness (QED) is 0.694. The summed E-state index contributed by atoms with van der Waals surface area (Å²) in [4.78, 5) is 2.58. The predicted molar refractivity (Wildman–Crippen MR) is 60.2 cm³/mol. The van der Waals surface area contributed by atoms with E-state index in [1.807, 2.05) is 0 Å². The Morgan fingerprint density at radius 1 is 1.29 bits per heavy atom. The van der Waals surface area contributed by atoms with Crippen molar-refractivity contribution in [3.05, 3.63) is 12.2 Å². The molecule has 0 unspecified atom stereocenters. The molecular weight excluding hydrogens is 172 g/mol. The van der Waals surface area contributed by atoms with Crippen molar-refractivity contribution in [1.29, 1.82) is 0 Å². The van der Waals surface area contributed by atoms with Crippen molar-refractivity contribution < 1.29 is 0 Å². The van der Waals surface area contributed by atoms with Crippen molar-refractivity contribution in [3.63, 3.8) is 0 Å². The fourth-order valence-electron chi connectivity index (χ4n) is 2.61. The second kappa shape index (κ2) is 4.03. The number of likely N-dealkylation sites (tertiary alicyclic amines) is 1. The van der Waals surface area contributed by atoms with Crippen molar-refractivity contribution in [1.82, 2.24) is 4.90 Å². The highest BCUT2D eigenvalue weighted by atomic mass is 15.1. The van der Waals surface area contributed by atoms with Crippen molar-refractivity contribution in [3.8, 4) is 0 Å². The van der Waals surface area contributed by atoms with E-state index in [2.05, 4.69) is 11.5 Å². The molecule has 2 aliphatic rings. The smallest absolute Gasteiger partial charge is 0.00503 e. The van der Waals surface area contributed by atoms with Crippen LogP contribution in [0.2, 0.25) is 0 Å². The second-order valence-electron chi connectivity index (χ2n) is 5.08. The fourth-order valence-corrected chi connectivity index (χ4v) is 2.61. The molecule has 2 heteroatoms. The number of nitrogens with zero attached hydrogens (tertiary/aromatic N) is 1. The normalized spacial score (nSPS) is 27.4. The summed E-state index contributed by atoms with van der Waals surface area (Å²) in [5.41, 5.74) is 7.78. The first kappa shape index (κ1) is 10.2. The van der Waals surface area contributed by atoms with Crippen LogP contribution in [0.3, 0.4) is 0 Å². The molecule has 0 aromatic heterocycles. The Kier molecular flexibility index (Phi) is 2.93. The van der Waals surface area contributed by atoms with Gasteiger partial charge in [0.2, 0.25) is 0 Å². The molecule has 2 N–H and O–H groups in total. The Labute approximate surface area is 87.2 Å². The number of rotatable bonds is 3. The minimum absolute atomic E-state index is 0.485. The molecule has 1 saturated carbocycles. The average Bonchev–Trinajstić information content (AvgIpc) is 2.15. The highest BCUT2D eigenvalue weighted by Gasteiger charge is 2.37. The summed E-state index contributed by atoms with van der Waals surface area (Å²) < 4.78 is 0. The summed E-state index contributed by atoms with van der Waals surface area (Å²) in [7, 11) is 0. The van der Waals surface area contributed by atoms with Crippen LogP contribution >= 0.6 is 0 Å². The minimum atomic E-state index is 0.485. The zero-order valence-corrected chi connectivity index (χ0v) is 9.10. The van der Waals surface area contributed by atoms with Crippen molar-refractivity contribution in [2.45, 2.75) is 32.1 Å². The molecule has 80 valence electrons. The van der Waals surface area contributed by atoms with Gasteiger partial charge in [-0.2, -0.15) is 0 Å². The Hall–Kier alpha value is -0.340. The third-order valence-corrected chi connectivity index (χ3v) is 3.97. The van der Waals surface area contributed by atoms with Crippen LogP contribution in [0, 0.1) is 5.41 Å². The number of nitrogens with two attached hydrogens (primary N) is 1. The monoisotopic (exact) mass is 194 g/mol. The highest BCUT2D eigenvalue weighted by molar-refractivity contribution is 5.00. The molecule has 1 aliphatic carbocycles. The van der Waals surface area contributed by atoms with Crippen LogP contribution < -0.4 is 5.73 Å². The van der Waals surface area contributed by atoms with E-state index in [4.69, 9.17) is 5.73 Å². The molecule has 0 aromatic rings. The molecule has 14 heavy (non-hydrogen) atoms. The van der Waals surface area contributed by atoms with Crippen molar-refractivity contribution in [2.75, 3.05) is 26.2 Å². The Balaban J connectivity index is 1.82. The molecule has 1 saturated heterocycles. The first-order valence-corrected chi connectivity index (χ1v) is 5.83. The van der Waals surface area contributed by atoms with Gasteiger partial charge in [0.15, 0.2) is 0 Å². The van der Waals surface area contributed by atoms with Crippen molar-refractivity contribution in [2.24, 2.45) is 11.1 Å². The van der Waals surface area contributed by atoms with Crippen LogP contribution in [0.15, 0.2) is 12.2 Å². The van der Waals surface area contributed by atoms with Gasteiger partial charge in [-0.25, -0.2) is 0 Å². The van der Waals surface area contributed by atoms with E-state index in [0.29, 0.717) is 5.41 Å². The highest BCUT2D eigenvalue weighted by Crippen LogP contribution is 2.40. The van der Waals surface area contributed by atoms with E-state index < -0.39 is 0 Å². The van der Waals surface area contributed by atoms with E-state index in [1.165, 1.54) is 57.3 Å². The van der Waals surface area contributed by atoms with Crippen LogP contribution in [0.25, 0.3) is 0 Å². The first-order valence-electron chi connectivity index (χ1n) is 5.83. The maximum atomic E-state index is 5.87. The van der Waals surface area contributed by atoms with Gasteiger partial charge in [-0.3, -0.25) is 0 Å². The van der Waals surface area contributed by atoms with E-state index in [1.54, 1.807) is 0 Å². The van der Waals surface area contributed by atoms with E-state index >= 15 is 0 Å². The van der Waals surface area contributed by atoms with E-state index in [-0.39, 0.29) is 0 Å². The summed E-state index contributed by atoms with van der Waals surface area (Å²) in [6.07, 6.45) is 6.47. The van der Waals surface area contributed by atoms with Crippen LogP contribution in [-0.2, 0) is 0 Å². The molecule has 0 spiro atoms. The molecule has 2 nitrogen and oxygen atoms in total. The third kappa shape index (κ3) is 2.01. The summed E-state index contributed by atoms with van der Waals surface area (Å²) in [6.45, 7) is 8.58. The molecule has 1 aliphatic heterocycles. The second-order valence-corrected chi connectivity index (χ2v) is 5.08. The van der Waals surface area contributed by atoms with Gasteiger partial charge in [0, 0.05) is 19.6 Å². The Morgan fingerprint density at radius 2 is 1.93 bits per heavy atom. The summed E-state index contributed by atoms with van der Waals surface area (Å²) in [5, 5.41) is 0. The molecule has 2 fully saturated rings. The Bertz CT molecular complexity index is 203. The van der Waals surface area contributed by atoms with Crippen molar-refractivity contribution >= 4 is 0 Å². The van der Waals surface area contributed by atoms with Gasteiger partial charge in [-0.15, -0.1) is 0 Å². The van der Waals surface area contributed by atoms with Gasteiger partial charge in [0.05, 0.1) is 0 Å². The predicted octanol–water partition coefficient (Wildman–Crippen LogP) is 1.77. The van der Waals surface area contributed by atoms with Crippen LogP contribution in [-0.4, -0.2) is 31.1 Å². The average molecular weight is 194 g/mol. The van der Waals surface area contributed by atoms with Gasteiger partial charge >= 0.3 is 0 Å². The molecule has 0 amide bonds. The topological polar surface area (TPSA) is 29.3 Å². The minimum Gasteiger partial charge on any atom is -0.330 e. The Morgan fingerprint density at radius 3 is 2.36 bits per heavy atom. The van der Waals surface area contributed by atoms with Crippen LogP contribution in [0.5, 0.6) is 0 Å². The van der Waals surface area contributed by atoms with Crippen LogP contribution in [0.1, 0.15) is 32.1 Å². The van der Waals surface area contributed by atoms with E-state index in [0.717, 1.165) is 6.54 Å². The number of hydrogen-bond donors (Lipinski definition) is 1. The lowest BCUT2D eigenvalue weighted by Gasteiger charge is -2.45. The lowest BCUT2D eigenvalue weighted by atomic mass is 9.68. The number of piperidine rings is 1. The van der Waals surface area contributed by atoms with Gasteiger partial charge in [0.1, 0.15) is 0 Å². The summed E-state index contributed by atoms with van der Waals surface area (Å²) in [6, 6.07) is 0. The maximum Gasteiger partial charge on any atom is 0.00503 e. The molecule has 0 atom stereocenters. The first-order chi connectivity index (χ1) is 6.74. The molecule has 2 rings (SSSR count). The number of hydrogen-bond acceptors (Lipinski definition) is 2. The lowest BCUT2D eigenvalue weighted by Crippen LogP contribution is -2.48. The SMILES string of the molecule is C=C1CCN(CC2(CN)CCC2)CC1. The van der Waals surface area contributed by atoms with Gasteiger partial charge in [-0.05, 0) is 37.6 Å². The zero-order valence-electron chi connectivity index (χ0n) is 9.10. The summed E-state index contributed by atoms with van der Waals surface area (Å²) in [5.74, 6) is 0. The van der Waals surface area contributed by atoms with Gasteiger partial charge in [-0.1, -0.05) is 18.6 Å².